The molecule has 0 aliphatic heterocycles. The maximum Gasteiger partial charge on any atom is 0.438 e. The molecule has 0 aliphatic carbocycles. The van der Waals surface area contributed by atoms with Gasteiger partial charge in [-0.25, -0.2) is 4.79 Å². The first-order chi connectivity index (χ1) is 9.13. The van der Waals surface area contributed by atoms with Gasteiger partial charge in [-0.15, -0.1) is 0 Å². The van der Waals surface area contributed by atoms with Crippen molar-refractivity contribution >= 4 is 5.78 Å². The zero-order valence-corrected chi connectivity index (χ0v) is 10.8. The number of carbonyl (C=O) groups excluding carboxylic acids is 1. The van der Waals surface area contributed by atoms with Gasteiger partial charge in [0.25, 0.3) is 0 Å². The van der Waals surface area contributed by atoms with E-state index in [1.807, 2.05) is 6.92 Å². The van der Waals surface area contributed by atoms with Crippen LogP contribution >= 0.6 is 0 Å². The zero-order chi connectivity index (χ0) is 13.8. The van der Waals surface area contributed by atoms with Crippen LogP contribution in [0.4, 0.5) is 0 Å². The smallest absolute Gasteiger partial charge is 0.438 e. The van der Waals surface area contributed by atoms with Crippen molar-refractivity contribution in [2.24, 2.45) is 0 Å². The Morgan fingerprint density at radius 1 is 1.37 bits per heavy atom. The molecular weight excluding hydrogens is 248 g/mol. The number of hydrogen-bond acceptors (Lipinski definition) is 4. The Labute approximate surface area is 109 Å². The Hall–Kier alpha value is -2.37. The van der Waals surface area contributed by atoms with E-state index in [0.29, 0.717) is 12.3 Å². The molecule has 0 saturated heterocycles. The average Bonchev–Trinajstić information content (AvgIpc) is 2.79. The third kappa shape index (κ3) is 2.73. The Morgan fingerprint density at radius 3 is 2.63 bits per heavy atom. The quantitative estimate of drug-likeness (QED) is 0.650. The second-order valence-corrected chi connectivity index (χ2v) is 4.06. The molecule has 1 heterocycles. The van der Waals surface area contributed by atoms with Crippen LogP contribution in [0.25, 0.3) is 5.69 Å². The van der Waals surface area contributed by atoms with Crippen molar-refractivity contribution in [2.75, 3.05) is 6.61 Å². The number of H-pyrrole nitrogens is 1. The molecule has 1 N–H and O–H groups in total. The molecule has 0 amide bonds. The van der Waals surface area contributed by atoms with Crippen LogP contribution in [-0.4, -0.2) is 17.7 Å². The molecular formula is C13H15N2O4+. The van der Waals surface area contributed by atoms with Crippen molar-refractivity contribution in [2.45, 2.75) is 20.3 Å². The molecule has 0 unspecified atom stereocenters. The number of ether oxygens (including phenoxy) is 1. The molecule has 100 valence electrons. The number of aromatic amines is 1. The van der Waals surface area contributed by atoms with Gasteiger partial charge in [0.05, 0.1) is 6.61 Å². The third-order valence-corrected chi connectivity index (χ3v) is 2.55. The van der Waals surface area contributed by atoms with E-state index in [4.69, 9.17) is 4.74 Å². The van der Waals surface area contributed by atoms with Gasteiger partial charge in [0.15, 0.2) is 0 Å². The molecule has 0 aliphatic rings. The van der Waals surface area contributed by atoms with Crippen LogP contribution in [0.1, 0.15) is 30.8 Å². The van der Waals surface area contributed by atoms with Gasteiger partial charge in [-0.1, -0.05) is 6.92 Å². The summed E-state index contributed by atoms with van der Waals surface area (Å²) in [4.78, 5) is 22.8. The van der Waals surface area contributed by atoms with Crippen molar-refractivity contribution in [1.29, 1.82) is 0 Å². The van der Waals surface area contributed by atoms with Crippen molar-refractivity contribution in [3.05, 3.63) is 40.4 Å². The van der Waals surface area contributed by atoms with E-state index < -0.39 is 5.63 Å². The second-order valence-electron chi connectivity index (χ2n) is 4.06. The van der Waals surface area contributed by atoms with Gasteiger partial charge < -0.3 is 4.74 Å². The second kappa shape index (κ2) is 5.51. The molecule has 6 nitrogen and oxygen atoms in total. The van der Waals surface area contributed by atoms with E-state index in [-0.39, 0.29) is 11.5 Å². The Bertz CT molecular complexity index is 625. The monoisotopic (exact) mass is 263 g/mol. The minimum Gasteiger partial charge on any atom is -0.494 e. The molecule has 0 radical (unpaired) electrons. The largest absolute Gasteiger partial charge is 0.494 e. The summed E-state index contributed by atoms with van der Waals surface area (Å²) in [6, 6.07) is 7.02. The zero-order valence-electron chi connectivity index (χ0n) is 10.8. The van der Waals surface area contributed by atoms with Gasteiger partial charge in [-0.3, -0.25) is 9.32 Å². The maximum atomic E-state index is 11.4. The molecule has 0 atom stereocenters. The van der Waals surface area contributed by atoms with Gasteiger partial charge in [-0.2, -0.15) is 0 Å². The summed E-state index contributed by atoms with van der Waals surface area (Å²) in [5.74, 6) is 0.378. The molecule has 1 aromatic heterocycles. The minimum absolute atomic E-state index is 0.0396. The van der Waals surface area contributed by atoms with Crippen LogP contribution in [0.5, 0.6) is 5.75 Å². The van der Waals surface area contributed by atoms with E-state index >= 15 is 0 Å². The van der Waals surface area contributed by atoms with E-state index in [2.05, 4.69) is 9.79 Å². The van der Waals surface area contributed by atoms with Crippen LogP contribution in [0.15, 0.2) is 33.6 Å². The molecule has 6 heteroatoms. The molecule has 0 spiro atoms. The summed E-state index contributed by atoms with van der Waals surface area (Å²) in [6.07, 6.45) is 0.931. The molecule has 2 rings (SSSR count). The molecule has 0 fully saturated rings. The lowest BCUT2D eigenvalue weighted by atomic mass is 10.2. The standard InChI is InChI=1S/C13H14N2O4/c1-3-8-18-11-6-4-10(5-7-11)15-12(9(2)16)13(17)19-14-15/h4-7H,3,8H2,1-2H3/p+1. The van der Waals surface area contributed by atoms with Crippen molar-refractivity contribution < 1.29 is 18.7 Å². The van der Waals surface area contributed by atoms with E-state index in [1.54, 1.807) is 24.3 Å². The van der Waals surface area contributed by atoms with Crippen LogP contribution < -0.4 is 15.0 Å². The predicted octanol–water partition coefficient (Wildman–Crippen LogP) is 1.24. The number of rotatable bonds is 5. The Kier molecular flexibility index (Phi) is 3.79. The van der Waals surface area contributed by atoms with Crippen LogP contribution in [0.3, 0.4) is 0 Å². The topological polar surface area (TPSA) is 76.2 Å². The number of nitrogens with one attached hydrogen (secondary N) is 1. The number of hydrogen-bond donors (Lipinski definition) is 1. The summed E-state index contributed by atoms with van der Waals surface area (Å²) in [7, 11) is 0. The highest BCUT2D eigenvalue weighted by Gasteiger charge is 2.27. The van der Waals surface area contributed by atoms with Gasteiger partial charge in [0, 0.05) is 19.1 Å². The first kappa shape index (κ1) is 13.1. The number of ketones is 1. The lowest BCUT2D eigenvalue weighted by Gasteiger charge is -2.02. The fourth-order valence-electron chi connectivity index (χ4n) is 1.67. The normalized spacial score (nSPS) is 10.4. The van der Waals surface area contributed by atoms with Crippen molar-refractivity contribution in [3.8, 4) is 11.4 Å². The summed E-state index contributed by atoms with van der Waals surface area (Å²) in [6.45, 7) is 3.99. The average molecular weight is 263 g/mol. The molecule has 19 heavy (non-hydrogen) atoms. The van der Waals surface area contributed by atoms with Gasteiger partial charge in [0.2, 0.25) is 11.5 Å². The van der Waals surface area contributed by atoms with Gasteiger partial charge >= 0.3 is 11.3 Å². The fraction of sp³-hybridized carbons (Fsp3) is 0.308. The SMILES string of the molecule is CCCOc1ccc(-[n+]2[nH]oc(=O)c2C(C)=O)cc1. The molecule has 2 aromatic rings. The predicted molar refractivity (Wildman–Crippen MR) is 66.7 cm³/mol. The third-order valence-electron chi connectivity index (χ3n) is 2.55. The summed E-state index contributed by atoms with van der Waals surface area (Å²) in [5, 5.41) is 2.40. The van der Waals surface area contributed by atoms with Crippen molar-refractivity contribution in [3.63, 3.8) is 0 Å². The highest BCUT2D eigenvalue weighted by atomic mass is 16.5. The van der Waals surface area contributed by atoms with Crippen LogP contribution in [-0.2, 0) is 0 Å². The van der Waals surface area contributed by atoms with E-state index in [0.717, 1.165) is 12.2 Å². The lowest BCUT2D eigenvalue weighted by molar-refractivity contribution is -0.672. The van der Waals surface area contributed by atoms with E-state index in [9.17, 15) is 9.59 Å². The summed E-state index contributed by atoms with van der Waals surface area (Å²) < 4.78 is 11.4. The minimum atomic E-state index is -0.682. The number of carbonyl (C=O) groups is 1. The maximum absolute atomic E-state index is 11.4. The molecule has 1 aromatic carbocycles. The number of Topliss-reactive ketones (excluding diaryl/α,β-unsaturated/α-hetero) is 1. The van der Waals surface area contributed by atoms with Crippen LogP contribution in [0, 0.1) is 0 Å². The first-order valence-electron chi connectivity index (χ1n) is 6.01. The summed E-state index contributed by atoms with van der Waals surface area (Å²) >= 11 is 0. The fourth-order valence-corrected chi connectivity index (χ4v) is 1.67. The number of aromatic nitrogens is 2. The van der Waals surface area contributed by atoms with Crippen LogP contribution in [0.2, 0.25) is 0 Å². The van der Waals surface area contributed by atoms with Crippen molar-refractivity contribution in [1.82, 2.24) is 5.27 Å². The molecule has 0 bridgehead atoms. The first-order valence-corrected chi connectivity index (χ1v) is 6.01. The Morgan fingerprint density at radius 2 is 2.05 bits per heavy atom. The highest BCUT2D eigenvalue weighted by Crippen LogP contribution is 2.12. The summed E-state index contributed by atoms with van der Waals surface area (Å²) in [5.41, 5.74) is -0.0964. The Balaban J connectivity index is 2.32. The number of nitrogens with zero attached hydrogens (tertiary/aromatic N) is 1. The van der Waals surface area contributed by atoms with Gasteiger partial charge in [-0.05, 0) is 28.5 Å². The molecule has 0 saturated carbocycles. The van der Waals surface area contributed by atoms with Gasteiger partial charge in [0.1, 0.15) is 5.75 Å². The highest BCUT2D eigenvalue weighted by molar-refractivity contribution is 5.90. The lowest BCUT2D eigenvalue weighted by Crippen LogP contribution is -2.40. The number of benzene rings is 1. The van der Waals surface area contributed by atoms with E-state index in [1.165, 1.54) is 11.6 Å².